The Morgan fingerprint density at radius 2 is 1.77 bits per heavy atom. The van der Waals surface area contributed by atoms with Crippen molar-refractivity contribution >= 4 is 17.8 Å². The van der Waals surface area contributed by atoms with Gasteiger partial charge in [0.05, 0.1) is 11.8 Å². The second-order valence-electron chi connectivity index (χ2n) is 7.56. The van der Waals surface area contributed by atoms with Crippen LogP contribution >= 0.6 is 0 Å². The average molecular weight is 358 g/mol. The van der Waals surface area contributed by atoms with Crippen LogP contribution in [0.25, 0.3) is 0 Å². The number of carboxylic acids is 1. The zero-order chi connectivity index (χ0) is 18.7. The molecule has 6 heteroatoms. The predicted molar refractivity (Wildman–Crippen MR) is 96.2 cm³/mol. The van der Waals surface area contributed by atoms with Crippen LogP contribution < -0.4 is 5.32 Å². The molecule has 1 saturated carbocycles. The zero-order valence-electron chi connectivity index (χ0n) is 15.1. The van der Waals surface area contributed by atoms with Crippen molar-refractivity contribution in [2.45, 2.75) is 51.6 Å². The molecule has 1 aliphatic heterocycles. The molecule has 0 radical (unpaired) electrons. The Kier molecular flexibility index (Phi) is 5.59. The van der Waals surface area contributed by atoms with Gasteiger partial charge in [0.1, 0.15) is 0 Å². The summed E-state index contributed by atoms with van der Waals surface area (Å²) in [4.78, 5) is 37.5. The molecule has 140 valence electrons. The van der Waals surface area contributed by atoms with Crippen molar-refractivity contribution in [3.05, 3.63) is 35.4 Å². The van der Waals surface area contributed by atoms with Gasteiger partial charge in [0.2, 0.25) is 11.8 Å². The Hall–Kier alpha value is -2.37. The number of hydrogen-bond acceptors (Lipinski definition) is 3. The lowest BCUT2D eigenvalue weighted by atomic mass is 9.86. The quantitative estimate of drug-likeness (QED) is 0.844. The minimum Gasteiger partial charge on any atom is -0.481 e. The largest absolute Gasteiger partial charge is 0.481 e. The highest BCUT2D eigenvalue weighted by atomic mass is 16.4. The summed E-state index contributed by atoms with van der Waals surface area (Å²) in [5.74, 6) is -1.42. The Morgan fingerprint density at radius 1 is 1.12 bits per heavy atom. The lowest BCUT2D eigenvalue weighted by Crippen LogP contribution is -2.42. The summed E-state index contributed by atoms with van der Waals surface area (Å²) >= 11 is 0. The van der Waals surface area contributed by atoms with Crippen molar-refractivity contribution in [2.24, 2.45) is 11.8 Å². The highest BCUT2D eigenvalue weighted by Gasteiger charge is 2.35. The Labute approximate surface area is 153 Å². The second kappa shape index (κ2) is 7.89. The van der Waals surface area contributed by atoms with E-state index < -0.39 is 5.97 Å². The maximum Gasteiger partial charge on any atom is 0.306 e. The van der Waals surface area contributed by atoms with E-state index in [2.05, 4.69) is 5.32 Å². The van der Waals surface area contributed by atoms with Crippen LogP contribution in [0.2, 0.25) is 0 Å². The monoisotopic (exact) mass is 358 g/mol. The van der Waals surface area contributed by atoms with Crippen LogP contribution in [0, 0.1) is 18.8 Å². The molecule has 26 heavy (non-hydrogen) atoms. The third kappa shape index (κ3) is 4.42. The molecule has 3 rings (SSSR count). The van der Waals surface area contributed by atoms with Gasteiger partial charge in [-0.05, 0) is 38.2 Å². The summed E-state index contributed by atoms with van der Waals surface area (Å²) in [6, 6.07) is 8.09. The molecule has 0 aromatic heterocycles. The van der Waals surface area contributed by atoms with Gasteiger partial charge in [0, 0.05) is 25.6 Å². The smallest absolute Gasteiger partial charge is 0.306 e. The Morgan fingerprint density at radius 3 is 2.38 bits per heavy atom. The number of rotatable bonds is 5. The number of nitrogens with zero attached hydrogens (tertiary/aromatic N) is 1. The van der Waals surface area contributed by atoms with Gasteiger partial charge < -0.3 is 15.3 Å². The molecule has 6 nitrogen and oxygen atoms in total. The molecular weight excluding hydrogens is 332 g/mol. The number of hydrogen-bond donors (Lipinski definition) is 2. The number of carboxylic acid groups (broad SMARTS) is 1. The summed E-state index contributed by atoms with van der Waals surface area (Å²) < 4.78 is 0. The minimum absolute atomic E-state index is 0.0142. The minimum atomic E-state index is -0.747. The van der Waals surface area contributed by atoms with Gasteiger partial charge in [-0.15, -0.1) is 0 Å². The lowest BCUT2D eigenvalue weighted by Gasteiger charge is -2.27. The fourth-order valence-corrected chi connectivity index (χ4v) is 3.82. The van der Waals surface area contributed by atoms with E-state index in [0.717, 1.165) is 5.56 Å². The second-order valence-corrected chi connectivity index (χ2v) is 7.56. The fourth-order valence-electron chi connectivity index (χ4n) is 3.82. The van der Waals surface area contributed by atoms with E-state index >= 15 is 0 Å². The van der Waals surface area contributed by atoms with Gasteiger partial charge in [0.15, 0.2) is 0 Å². The van der Waals surface area contributed by atoms with E-state index in [-0.39, 0.29) is 36.1 Å². The third-order valence-corrected chi connectivity index (χ3v) is 5.50. The SMILES string of the molecule is Cc1ccc(CN2C[C@H](C(=O)NC3CCC(C(=O)O)CC3)CC2=O)cc1. The first-order valence-corrected chi connectivity index (χ1v) is 9.29. The summed E-state index contributed by atoms with van der Waals surface area (Å²) in [5.41, 5.74) is 2.24. The lowest BCUT2D eigenvalue weighted by molar-refractivity contribution is -0.143. The number of benzene rings is 1. The maximum absolute atomic E-state index is 12.5. The number of likely N-dealkylation sites (tertiary alicyclic amines) is 1. The van der Waals surface area contributed by atoms with Crippen molar-refractivity contribution in [1.82, 2.24) is 10.2 Å². The molecule has 0 unspecified atom stereocenters. The van der Waals surface area contributed by atoms with Crippen molar-refractivity contribution in [2.75, 3.05) is 6.54 Å². The van der Waals surface area contributed by atoms with E-state index in [4.69, 9.17) is 5.11 Å². The van der Waals surface area contributed by atoms with Gasteiger partial charge in [0.25, 0.3) is 0 Å². The number of amides is 2. The van der Waals surface area contributed by atoms with E-state index in [9.17, 15) is 14.4 Å². The van der Waals surface area contributed by atoms with Crippen LogP contribution in [-0.2, 0) is 20.9 Å². The highest BCUT2D eigenvalue weighted by molar-refractivity contribution is 5.89. The topological polar surface area (TPSA) is 86.7 Å². The first kappa shape index (κ1) is 18.4. The molecule has 2 aliphatic rings. The molecule has 1 aliphatic carbocycles. The van der Waals surface area contributed by atoms with E-state index in [0.29, 0.717) is 38.8 Å². The van der Waals surface area contributed by atoms with Crippen molar-refractivity contribution in [1.29, 1.82) is 0 Å². The Bertz CT molecular complexity index is 678. The van der Waals surface area contributed by atoms with Crippen LogP contribution in [0.5, 0.6) is 0 Å². The number of carbonyl (C=O) groups excluding carboxylic acids is 2. The van der Waals surface area contributed by atoms with Gasteiger partial charge in [-0.25, -0.2) is 0 Å². The summed E-state index contributed by atoms with van der Waals surface area (Å²) in [6.45, 7) is 3.00. The average Bonchev–Trinajstić information content (AvgIpc) is 2.98. The molecule has 1 heterocycles. The summed E-state index contributed by atoms with van der Waals surface area (Å²) in [6.07, 6.45) is 2.84. The highest BCUT2D eigenvalue weighted by Crippen LogP contribution is 2.26. The Balaban J connectivity index is 1.49. The van der Waals surface area contributed by atoms with E-state index in [1.807, 2.05) is 31.2 Å². The summed E-state index contributed by atoms with van der Waals surface area (Å²) in [5, 5.41) is 12.1. The van der Waals surface area contributed by atoms with Crippen molar-refractivity contribution in [3.63, 3.8) is 0 Å². The maximum atomic E-state index is 12.5. The van der Waals surface area contributed by atoms with Crippen molar-refractivity contribution < 1.29 is 19.5 Å². The number of aliphatic carboxylic acids is 1. The molecule has 0 bridgehead atoms. The van der Waals surface area contributed by atoms with Crippen LogP contribution in [0.1, 0.15) is 43.2 Å². The van der Waals surface area contributed by atoms with Crippen molar-refractivity contribution in [3.8, 4) is 0 Å². The molecule has 1 aromatic carbocycles. The van der Waals surface area contributed by atoms with Crippen LogP contribution in [0.3, 0.4) is 0 Å². The third-order valence-electron chi connectivity index (χ3n) is 5.50. The van der Waals surface area contributed by atoms with Crippen LogP contribution in [-0.4, -0.2) is 40.4 Å². The summed E-state index contributed by atoms with van der Waals surface area (Å²) in [7, 11) is 0. The first-order chi connectivity index (χ1) is 12.4. The van der Waals surface area contributed by atoms with E-state index in [1.54, 1.807) is 4.90 Å². The molecule has 1 saturated heterocycles. The predicted octanol–water partition coefficient (Wildman–Crippen LogP) is 2.10. The normalized spacial score (nSPS) is 26.0. The van der Waals surface area contributed by atoms with Crippen LogP contribution in [0.15, 0.2) is 24.3 Å². The number of aryl methyl sites for hydroxylation is 1. The molecule has 1 aromatic rings. The van der Waals surface area contributed by atoms with Gasteiger partial charge in [-0.1, -0.05) is 29.8 Å². The number of nitrogens with one attached hydrogen (secondary N) is 1. The molecule has 1 atom stereocenters. The molecule has 2 fully saturated rings. The van der Waals surface area contributed by atoms with Gasteiger partial charge >= 0.3 is 5.97 Å². The fraction of sp³-hybridized carbons (Fsp3) is 0.550. The first-order valence-electron chi connectivity index (χ1n) is 9.29. The number of carbonyl (C=O) groups is 3. The zero-order valence-corrected chi connectivity index (χ0v) is 15.1. The molecular formula is C20H26N2O4. The van der Waals surface area contributed by atoms with E-state index in [1.165, 1.54) is 5.56 Å². The van der Waals surface area contributed by atoms with Gasteiger partial charge in [-0.2, -0.15) is 0 Å². The van der Waals surface area contributed by atoms with Crippen LogP contribution in [0.4, 0.5) is 0 Å². The molecule has 2 amide bonds. The molecule has 2 N–H and O–H groups in total. The van der Waals surface area contributed by atoms with Gasteiger partial charge in [-0.3, -0.25) is 14.4 Å². The standard InChI is InChI=1S/C20H26N2O4/c1-13-2-4-14(5-3-13)11-22-12-16(10-18(22)23)19(24)21-17-8-6-15(7-9-17)20(25)26/h2-5,15-17H,6-12H2,1H3,(H,21,24)(H,25,26)/t15?,16-,17?/m1/s1. The molecule has 0 spiro atoms.